The topological polar surface area (TPSA) is 36.0 Å². The van der Waals surface area contributed by atoms with Gasteiger partial charge >= 0.3 is 0 Å². The van der Waals surface area contributed by atoms with Gasteiger partial charge in [-0.15, -0.1) is 0 Å². The number of H-pyrrole nitrogens is 1. The molecule has 3 rings (SSSR count). The highest BCUT2D eigenvalue weighted by Crippen LogP contribution is 2.34. The van der Waals surface area contributed by atoms with Crippen LogP contribution in [0.4, 0.5) is 0 Å². The van der Waals surface area contributed by atoms with Crippen LogP contribution in [0, 0.1) is 0 Å². The van der Waals surface area contributed by atoms with E-state index in [1.807, 2.05) is 18.2 Å². The van der Waals surface area contributed by atoms with Crippen LogP contribution in [0.3, 0.4) is 0 Å². The molecular weight excluding hydrogens is 314 g/mol. The van der Waals surface area contributed by atoms with Crippen molar-refractivity contribution in [2.24, 2.45) is 0 Å². The minimum Gasteiger partial charge on any atom is -0.396 e. The van der Waals surface area contributed by atoms with Crippen molar-refractivity contribution in [2.75, 3.05) is 6.61 Å². The lowest BCUT2D eigenvalue weighted by Gasteiger charge is -2.16. The lowest BCUT2D eigenvalue weighted by molar-refractivity contribution is 0.282. The molecule has 20 heavy (non-hydrogen) atoms. The molecular formula is C17H16BrNO. The van der Waals surface area contributed by atoms with Crippen LogP contribution >= 0.6 is 15.9 Å². The fourth-order valence-electron chi connectivity index (χ4n) is 2.74. The number of aliphatic hydroxyl groups excluding tert-OH is 1. The Bertz CT molecular complexity index is 720. The highest BCUT2D eigenvalue weighted by atomic mass is 79.9. The standard InChI is InChI=1S/C17H16BrNO/c18-13-5-3-4-12(10-13)14(8-9-20)16-11-19-17-7-2-1-6-15(16)17/h1-7,10-11,14,19-20H,8-9H2. The lowest BCUT2D eigenvalue weighted by atomic mass is 9.88. The highest BCUT2D eigenvalue weighted by Gasteiger charge is 2.17. The quantitative estimate of drug-likeness (QED) is 0.729. The first-order valence-corrected chi connectivity index (χ1v) is 7.51. The van der Waals surface area contributed by atoms with E-state index in [0.717, 1.165) is 16.4 Å². The predicted molar refractivity (Wildman–Crippen MR) is 86.0 cm³/mol. The second-order valence-electron chi connectivity index (χ2n) is 4.91. The third kappa shape index (κ3) is 2.51. The zero-order chi connectivity index (χ0) is 13.9. The molecule has 2 aromatic carbocycles. The van der Waals surface area contributed by atoms with Crippen molar-refractivity contribution in [3.8, 4) is 0 Å². The Morgan fingerprint density at radius 3 is 2.75 bits per heavy atom. The van der Waals surface area contributed by atoms with Crippen LogP contribution in [-0.4, -0.2) is 16.7 Å². The number of hydrogen-bond acceptors (Lipinski definition) is 1. The average molecular weight is 330 g/mol. The molecule has 0 bridgehead atoms. The number of para-hydroxylation sites is 1. The number of rotatable bonds is 4. The van der Waals surface area contributed by atoms with Gasteiger partial charge in [0.05, 0.1) is 0 Å². The summed E-state index contributed by atoms with van der Waals surface area (Å²) in [6.45, 7) is 0.177. The summed E-state index contributed by atoms with van der Waals surface area (Å²) in [7, 11) is 0. The van der Waals surface area contributed by atoms with Crippen LogP contribution in [-0.2, 0) is 0 Å². The molecule has 0 radical (unpaired) electrons. The maximum atomic E-state index is 9.42. The number of halogens is 1. The third-order valence-electron chi connectivity index (χ3n) is 3.67. The van der Waals surface area contributed by atoms with Gasteiger partial charge in [-0.25, -0.2) is 0 Å². The molecule has 0 amide bonds. The highest BCUT2D eigenvalue weighted by molar-refractivity contribution is 9.10. The number of fused-ring (bicyclic) bond motifs is 1. The van der Waals surface area contributed by atoms with Gasteiger partial charge in [0.15, 0.2) is 0 Å². The van der Waals surface area contributed by atoms with Crippen molar-refractivity contribution >= 4 is 26.8 Å². The van der Waals surface area contributed by atoms with Gasteiger partial charge in [0.1, 0.15) is 0 Å². The molecule has 3 heteroatoms. The van der Waals surface area contributed by atoms with Crippen molar-refractivity contribution in [1.29, 1.82) is 0 Å². The first-order chi connectivity index (χ1) is 9.79. The summed E-state index contributed by atoms with van der Waals surface area (Å²) >= 11 is 3.52. The second kappa shape index (κ2) is 5.81. The molecule has 0 fully saturated rings. The van der Waals surface area contributed by atoms with E-state index in [1.165, 1.54) is 16.5 Å². The molecule has 0 aliphatic carbocycles. The monoisotopic (exact) mass is 329 g/mol. The molecule has 2 N–H and O–H groups in total. The molecule has 1 heterocycles. The van der Waals surface area contributed by atoms with Crippen LogP contribution in [0.1, 0.15) is 23.5 Å². The summed E-state index contributed by atoms with van der Waals surface area (Å²) in [5, 5.41) is 10.6. The Morgan fingerprint density at radius 2 is 1.95 bits per heavy atom. The van der Waals surface area contributed by atoms with Gasteiger partial charge in [0.2, 0.25) is 0 Å². The normalized spacial score (nSPS) is 12.7. The van der Waals surface area contributed by atoms with E-state index in [1.54, 1.807) is 0 Å². The maximum absolute atomic E-state index is 9.42. The van der Waals surface area contributed by atoms with Crippen LogP contribution < -0.4 is 0 Å². The maximum Gasteiger partial charge on any atom is 0.0457 e. The minimum atomic E-state index is 0.177. The van der Waals surface area contributed by atoms with Crippen molar-refractivity contribution in [3.63, 3.8) is 0 Å². The average Bonchev–Trinajstić information content (AvgIpc) is 2.88. The Labute approximate surface area is 126 Å². The van der Waals surface area contributed by atoms with Gasteiger partial charge < -0.3 is 10.1 Å². The fourth-order valence-corrected chi connectivity index (χ4v) is 3.15. The summed E-state index contributed by atoms with van der Waals surface area (Å²) in [5.74, 6) is 0.202. The summed E-state index contributed by atoms with van der Waals surface area (Å²) in [5.41, 5.74) is 3.60. The SMILES string of the molecule is OCCC(c1cccc(Br)c1)c1c[nH]c2ccccc12. The second-order valence-corrected chi connectivity index (χ2v) is 5.83. The minimum absolute atomic E-state index is 0.177. The summed E-state index contributed by atoms with van der Waals surface area (Å²) in [4.78, 5) is 3.32. The molecule has 0 spiro atoms. The van der Waals surface area contributed by atoms with Crippen LogP contribution in [0.15, 0.2) is 59.2 Å². The van der Waals surface area contributed by atoms with E-state index < -0.39 is 0 Å². The summed E-state index contributed by atoms with van der Waals surface area (Å²) in [6, 6.07) is 16.6. The number of benzene rings is 2. The number of aromatic nitrogens is 1. The van der Waals surface area contributed by atoms with Gasteiger partial charge in [0, 0.05) is 34.1 Å². The zero-order valence-corrected chi connectivity index (χ0v) is 12.6. The van der Waals surface area contributed by atoms with Gasteiger partial charge in [-0.2, -0.15) is 0 Å². The van der Waals surface area contributed by atoms with Gasteiger partial charge in [0.25, 0.3) is 0 Å². The molecule has 3 aromatic rings. The molecule has 0 saturated heterocycles. The number of aromatic amines is 1. The van der Waals surface area contributed by atoms with Gasteiger partial charge in [-0.3, -0.25) is 0 Å². The zero-order valence-electron chi connectivity index (χ0n) is 11.0. The van der Waals surface area contributed by atoms with Crippen molar-refractivity contribution < 1.29 is 5.11 Å². The number of hydrogen-bond donors (Lipinski definition) is 2. The first-order valence-electron chi connectivity index (χ1n) is 6.72. The van der Waals surface area contributed by atoms with E-state index in [2.05, 4.69) is 57.4 Å². The smallest absolute Gasteiger partial charge is 0.0457 e. The van der Waals surface area contributed by atoms with Gasteiger partial charge in [-0.05, 0) is 35.7 Å². The molecule has 2 nitrogen and oxygen atoms in total. The van der Waals surface area contributed by atoms with E-state index in [-0.39, 0.29) is 12.5 Å². The Kier molecular flexibility index (Phi) is 3.90. The summed E-state index contributed by atoms with van der Waals surface area (Å²) < 4.78 is 1.07. The number of aliphatic hydroxyl groups is 1. The Morgan fingerprint density at radius 1 is 1.10 bits per heavy atom. The summed E-state index contributed by atoms with van der Waals surface area (Å²) in [6.07, 6.45) is 2.78. The number of nitrogens with one attached hydrogen (secondary N) is 1. The van der Waals surface area contributed by atoms with E-state index in [0.29, 0.717) is 0 Å². The van der Waals surface area contributed by atoms with E-state index in [9.17, 15) is 5.11 Å². The van der Waals surface area contributed by atoms with Crippen LogP contribution in [0.5, 0.6) is 0 Å². The third-order valence-corrected chi connectivity index (χ3v) is 4.16. The van der Waals surface area contributed by atoms with Gasteiger partial charge in [-0.1, -0.05) is 46.3 Å². The molecule has 0 aliphatic rings. The molecule has 0 aliphatic heterocycles. The first kappa shape index (κ1) is 13.4. The van der Waals surface area contributed by atoms with Crippen molar-refractivity contribution in [1.82, 2.24) is 4.98 Å². The molecule has 1 aromatic heterocycles. The lowest BCUT2D eigenvalue weighted by Crippen LogP contribution is -2.03. The predicted octanol–water partition coefficient (Wildman–Crippen LogP) is 4.44. The molecule has 1 atom stereocenters. The van der Waals surface area contributed by atoms with E-state index >= 15 is 0 Å². The van der Waals surface area contributed by atoms with E-state index in [4.69, 9.17) is 0 Å². The Hall–Kier alpha value is -1.58. The van der Waals surface area contributed by atoms with Crippen LogP contribution in [0.2, 0.25) is 0 Å². The van der Waals surface area contributed by atoms with Crippen molar-refractivity contribution in [3.05, 3.63) is 70.3 Å². The molecule has 1 unspecified atom stereocenters. The Balaban J connectivity index is 2.11. The largest absolute Gasteiger partial charge is 0.396 e. The fraction of sp³-hybridized carbons (Fsp3) is 0.176. The van der Waals surface area contributed by atoms with Crippen LogP contribution in [0.25, 0.3) is 10.9 Å². The molecule has 102 valence electrons. The molecule has 0 saturated carbocycles. The van der Waals surface area contributed by atoms with Crippen molar-refractivity contribution in [2.45, 2.75) is 12.3 Å².